The Hall–Kier alpha value is -2.93. The Bertz CT molecular complexity index is 820. The molecule has 130 valence electrons. The number of ether oxygens (including phenoxy) is 1. The number of aryl methyl sites for hydroxylation is 2. The summed E-state index contributed by atoms with van der Waals surface area (Å²) in [5.41, 5.74) is 2.48. The van der Waals surface area contributed by atoms with Crippen molar-refractivity contribution in [2.24, 2.45) is 0 Å². The van der Waals surface area contributed by atoms with Gasteiger partial charge in [0.1, 0.15) is 5.75 Å². The minimum absolute atomic E-state index is 0.0727. The Balaban J connectivity index is 1.90. The Morgan fingerprint density at radius 2 is 1.92 bits per heavy atom. The Labute approximate surface area is 150 Å². The molecule has 2 rings (SSSR count). The van der Waals surface area contributed by atoms with Crippen LogP contribution in [0.25, 0.3) is 0 Å². The lowest BCUT2D eigenvalue weighted by Gasteiger charge is -2.13. The highest BCUT2D eigenvalue weighted by Gasteiger charge is 2.10. The van der Waals surface area contributed by atoms with E-state index in [2.05, 4.69) is 10.6 Å². The normalized spacial score (nSPS) is 10.0. The predicted octanol–water partition coefficient (Wildman–Crippen LogP) is 2.89. The largest absolute Gasteiger partial charge is 0.484 e. The van der Waals surface area contributed by atoms with E-state index in [-0.39, 0.29) is 17.3 Å². The topological polar surface area (TPSA) is 87.7 Å². The number of benzene rings is 2. The number of hydrogen-bond donors (Lipinski definition) is 3. The second-order valence-electron chi connectivity index (χ2n) is 5.44. The lowest BCUT2D eigenvalue weighted by molar-refractivity contribution is -0.121. The molecule has 0 radical (unpaired) electrons. The molecule has 0 atom stereocenters. The van der Waals surface area contributed by atoms with Gasteiger partial charge in [-0.05, 0) is 61.5 Å². The van der Waals surface area contributed by atoms with Gasteiger partial charge in [0.25, 0.3) is 5.91 Å². The maximum absolute atomic E-state index is 11.9. The highest BCUT2D eigenvalue weighted by Crippen LogP contribution is 2.17. The van der Waals surface area contributed by atoms with E-state index in [1.807, 2.05) is 25.1 Å². The molecule has 1 amide bonds. The number of carboxylic acid groups (broad SMARTS) is 1. The summed E-state index contributed by atoms with van der Waals surface area (Å²) in [6.07, 6.45) is 0. The van der Waals surface area contributed by atoms with Crippen molar-refractivity contribution >= 4 is 34.9 Å². The summed E-state index contributed by atoms with van der Waals surface area (Å²) in [7, 11) is 0. The second kappa shape index (κ2) is 8.25. The maximum Gasteiger partial charge on any atom is 0.335 e. The minimum atomic E-state index is -1.04. The summed E-state index contributed by atoms with van der Waals surface area (Å²) in [6.45, 7) is 3.55. The van der Waals surface area contributed by atoms with E-state index in [4.69, 9.17) is 22.1 Å². The fourth-order valence-electron chi connectivity index (χ4n) is 2.06. The van der Waals surface area contributed by atoms with Gasteiger partial charge in [-0.2, -0.15) is 0 Å². The first-order valence-corrected chi connectivity index (χ1v) is 7.90. The summed E-state index contributed by atoms with van der Waals surface area (Å²) in [5.74, 6) is -0.852. The summed E-state index contributed by atoms with van der Waals surface area (Å²) >= 11 is 5.09. The third-order valence-corrected chi connectivity index (χ3v) is 3.55. The smallest absolute Gasteiger partial charge is 0.335 e. The van der Waals surface area contributed by atoms with E-state index in [0.717, 1.165) is 11.1 Å². The van der Waals surface area contributed by atoms with Crippen LogP contribution in [0.15, 0.2) is 42.5 Å². The molecule has 0 aliphatic carbocycles. The molecule has 0 aromatic heterocycles. The van der Waals surface area contributed by atoms with Crippen molar-refractivity contribution in [3.63, 3.8) is 0 Å². The number of amides is 1. The zero-order chi connectivity index (χ0) is 18.4. The molecule has 3 N–H and O–H groups in total. The number of carboxylic acids is 1. The van der Waals surface area contributed by atoms with Crippen molar-refractivity contribution in [1.29, 1.82) is 0 Å². The average molecular weight is 358 g/mol. The molecule has 0 saturated heterocycles. The molecule has 0 aliphatic rings. The third kappa shape index (κ3) is 5.58. The van der Waals surface area contributed by atoms with Crippen LogP contribution in [0.2, 0.25) is 0 Å². The first-order valence-electron chi connectivity index (χ1n) is 7.49. The summed E-state index contributed by atoms with van der Waals surface area (Å²) in [6, 6.07) is 12.0. The van der Waals surface area contributed by atoms with E-state index in [0.29, 0.717) is 11.4 Å². The van der Waals surface area contributed by atoms with Gasteiger partial charge in [0.05, 0.1) is 5.56 Å². The standard InChI is InChI=1S/C18H18N2O4S/c1-11-4-3-5-14(8-11)24-10-16(21)20-18(25)19-15-9-13(17(22)23)7-6-12(15)2/h3-9H,10H2,1-2H3,(H,22,23)(H2,19,20,21,25). The molecule has 2 aromatic carbocycles. The van der Waals surface area contributed by atoms with Gasteiger partial charge in [0.2, 0.25) is 0 Å². The van der Waals surface area contributed by atoms with Gasteiger partial charge in [0, 0.05) is 5.69 Å². The Morgan fingerprint density at radius 3 is 2.60 bits per heavy atom. The molecular formula is C18H18N2O4S. The molecule has 0 fully saturated rings. The summed E-state index contributed by atoms with van der Waals surface area (Å²) < 4.78 is 5.40. The molecule has 25 heavy (non-hydrogen) atoms. The lowest BCUT2D eigenvalue weighted by Crippen LogP contribution is -2.37. The number of aromatic carboxylic acids is 1. The lowest BCUT2D eigenvalue weighted by atomic mass is 10.1. The summed E-state index contributed by atoms with van der Waals surface area (Å²) in [5, 5.41) is 14.4. The molecule has 0 unspecified atom stereocenters. The van der Waals surface area contributed by atoms with Crippen molar-refractivity contribution in [2.45, 2.75) is 13.8 Å². The monoisotopic (exact) mass is 358 g/mol. The quantitative estimate of drug-likeness (QED) is 0.713. The van der Waals surface area contributed by atoms with Crippen LogP contribution in [0.1, 0.15) is 21.5 Å². The number of rotatable bonds is 5. The zero-order valence-corrected chi connectivity index (χ0v) is 14.6. The van der Waals surface area contributed by atoms with E-state index in [9.17, 15) is 9.59 Å². The number of hydrogen-bond acceptors (Lipinski definition) is 4. The highest BCUT2D eigenvalue weighted by atomic mass is 32.1. The fraction of sp³-hybridized carbons (Fsp3) is 0.167. The minimum Gasteiger partial charge on any atom is -0.484 e. The van der Waals surface area contributed by atoms with Crippen molar-refractivity contribution < 1.29 is 19.4 Å². The van der Waals surface area contributed by atoms with Crippen molar-refractivity contribution in [3.8, 4) is 5.75 Å². The number of anilines is 1. The number of carbonyl (C=O) groups is 2. The fourth-order valence-corrected chi connectivity index (χ4v) is 2.28. The van der Waals surface area contributed by atoms with Gasteiger partial charge in [-0.15, -0.1) is 0 Å². The Kier molecular flexibility index (Phi) is 6.08. The number of nitrogens with one attached hydrogen (secondary N) is 2. The Morgan fingerprint density at radius 1 is 1.16 bits per heavy atom. The molecule has 2 aromatic rings. The molecule has 0 saturated carbocycles. The average Bonchev–Trinajstić information content (AvgIpc) is 2.55. The second-order valence-corrected chi connectivity index (χ2v) is 5.85. The van der Waals surface area contributed by atoms with E-state index in [1.165, 1.54) is 12.1 Å². The van der Waals surface area contributed by atoms with Crippen molar-refractivity contribution in [3.05, 3.63) is 59.2 Å². The first-order chi connectivity index (χ1) is 11.8. The molecule has 6 nitrogen and oxygen atoms in total. The van der Waals surface area contributed by atoms with Gasteiger partial charge in [-0.25, -0.2) is 4.79 Å². The summed E-state index contributed by atoms with van der Waals surface area (Å²) in [4.78, 5) is 22.9. The molecule has 0 heterocycles. The third-order valence-electron chi connectivity index (χ3n) is 3.35. The van der Waals surface area contributed by atoms with E-state index in [1.54, 1.807) is 19.1 Å². The van der Waals surface area contributed by atoms with Crippen LogP contribution in [0.3, 0.4) is 0 Å². The van der Waals surface area contributed by atoms with Crippen LogP contribution in [-0.4, -0.2) is 28.7 Å². The van der Waals surface area contributed by atoms with Gasteiger partial charge in [0.15, 0.2) is 11.7 Å². The van der Waals surface area contributed by atoms with Crippen LogP contribution in [0, 0.1) is 13.8 Å². The van der Waals surface area contributed by atoms with Crippen LogP contribution in [0.4, 0.5) is 5.69 Å². The van der Waals surface area contributed by atoms with Gasteiger partial charge in [-0.1, -0.05) is 18.2 Å². The van der Waals surface area contributed by atoms with Gasteiger partial charge >= 0.3 is 5.97 Å². The molecule has 0 spiro atoms. The van der Waals surface area contributed by atoms with E-state index >= 15 is 0 Å². The van der Waals surface area contributed by atoms with Gasteiger partial charge in [-0.3, -0.25) is 10.1 Å². The maximum atomic E-state index is 11.9. The molecular weight excluding hydrogens is 340 g/mol. The van der Waals surface area contributed by atoms with Crippen LogP contribution >= 0.6 is 12.2 Å². The van der Waals surface area contributed by atoms with Crippen LogP contribution < -0.4 is 15.4 Å². The van der Waals surface area contributed by atoms with Crippen molar-refractivity contribution in [1.82, 2.24) is 5.32 Å². The zero-order valence-electron chi connectivity index (χ0n) is 13.8. The highest BCUT2D eigenvalue weighted by molar-refractivity contribution is 7.80. The van der Waals surface area contributed by atoms with E-state index < -0.39 is 11.9 Å². The molecule has 7 heteroatoms. The van der Waals surface area contributed by atoms with Gasteiger partial charge < -0.3 is 15.2 Å². The SMILES string of the molecule is Cc1cccc(OCC(=O)NC(=S)Nc2cc(C(=O)O)ccc2C)c1. The predicted molar refractivity (Wildman–Crippen MR) is 99.2 cm³/mol. The molecule has 0 bridgehead atoms. The van der Waals surface area contributed by atoms with Crippen LogP contribution in [0.5, 0.6) is 5.75 Å². The molecule has 0 aliphatic heterocycles. The number of carbonyl (C=O) groups excluding carboxylic acids is 1. The van der Waals surface area contributed by atoms with Crippen LogP contribution in [-0.2, 0) is 4.79 Å². The number of thiocarbonyl (C=S) groups is 1. The van der Waals surface area contributed by atoms with Crippen molar-refractivity contribution in [2.75, 3.05) is 11.9 Å². The first kappa shape index (κ1) is 18.4.